The highest BCUT2D eigenvalue weighted by atomic mass is 32.2. The predicted octanol–water partition coefficient (Wildman–Crippen LogP) is 3.68. The molecule has 4 rings (SSSR count). The molecule has 2 aromatic heterocycles. The minimum Gasteiger partial charge on any atom is -0.475 e. The molecule has 2 aliphatic heterocycles. The summed E-state index contributed by atoms with van der Waals surface area (Å²) < 4.78 is 69.0. The van der Waals surface area contributed by atoms with Crippen LogP contribution in [0.3, 0.4) is 0 Å². The molecule has 218 valence electrons. The van der Waals surface area contributed by atoms with Crippen LogP contribution in [-0.2, 0) is 28.3 Å². The average Bonchev–Trinajstić information content (AvgIpc) is 3.54. The Hall–Kier alpha value is -2.92. The lowest BCUT2D eigenvalue weighted by Crippen LogP contribution is -2.24. The summed E-state index contributed by atoms with van der Waals surface area (Å²) in [5.41, 5.74) is 4.62. The molecule has 10 nitrogen and oxygen atoms in total. The summed E-state index contributed by atoms with van der Waals surface area (Å²) in [6.45, 7) is 7.55. The van der Waals surface area contributed by atoms with Crippen LogP contribution >= 0.6 is 11.8 Å². The van der Waals surface area contributed by atoms with Crippen LogP contribution in [0.15, 0.2) is 10.7 Å². The fourth-order valence-corrected chi connectivity index (χ4v) is 4.47. The number of rotatable bonds is 6. The number of hydrogen-bond acceptors (Lipinski definition) is 9. The second kappa shape index (κ2) is 14.5. The first-order chi connectivity index (χ1) is 18.2. The monoisotopic (exact) mass is 587 g/mol. The lowest BCUT2D eigenvalue weighted by atomic mass is 9.95. The number of alkyl halides is 6. The second-order valence-electron chi connectivity index (χ2n) is 8.37. The molecule has 2 aliphatic rings. The smallest absolute Gasteiger partial charge is 0.475 e. The summed E-state index contributed by atoms with van der Waals surface area (Å²) in [5, 5.41) is 21.9. The van der Waals surface area contributed by atoms with Crippen LogP contribution in [0.2, 0.25) is 0 Å². The number of fused-ring (bicyclic) bond motifs is 1. The third kappa shape index (κ3) is 10.6. The number of carboxylic acids is 2. The molecule has 0 aliphatic carbocycles. The molecular weight excluding hydrogens is 560 g/mol. The van der Waals surface area contributed by atoms with Crippen molar-refractivity contribution in [3.63, 3.8) is 0 Å². The van der Waals surface area contributed by atoms with Crippen molar-refractivity contribution in [3.8, 4) is 11.4 Å². The predicted molar refractivity (Wildman–Crippen MR) is 127 cm³/mol. The van der Waals surface area contributed by atoms with E-state index in [9.17, 15) is 26.3 Å². The Balaban J connectivity index is 0.000000317. The van der Waals surface area contributed by atoms with Gasteiger partial charge in [0.25, 0.3) is 0 Å². The van der Waals surface area contributed by atoms with E-state index >= 15 is 0 Å². The van der Waals surface area contributed by atoms with Crippen LogP contribution < -0.4 is 5.32 Å². The van der Waals surface area contributed by atoms with E-state index in [-0.39, 0.29) is 0 Å². The topological polar surface area (TPSA) is 142 Å². The van der Waals surface area contributed by atoms with E-state index in [1.807, 2.05) is 24.9 Å². The molecule has 17 heteroatoms. The maximum absolute atomic E-state index is 10.6. The molecular formula is C22H27F6N5O5S. The Morgan fingerprint density at radius 3 is 2.26 bits per heavy atom. The number of likely N-dealkylation sites (tertiary alicyclic amines) is 1. The lowest BCUT2D eigenvalue weighted by Gasteiger charge is -2.19. The molecule has 0 aromatic carbocycles. The van der Waals surface area contributed by atoms with E-state index in [2.05, 4.69) is 25.3 Å². The van der Waals surface area contributed by atoms with Gasteiger partial charge < -0.3 is 25.0 Å². The molecule has 0 bridgehead atoms. The maximum Gasteiger partial charge on any atom is 0.490 e. The highest BCUT2D eigenvalue weighted by Crippen LogP contribution is 2.29. The van der Waals surface area contributed by atoms with Crippen molar-refractivity contribution in [1.82, 2.24) is 25.3 Å². The zero-order chi connectivity index (χ0) is 29.2. The van der Waals surface area contributed by atoms with Gasteiger partial charge in [0.15, 0.2) is 0 Å². The van der Waals surface area contributed by atoms with E-state index in [0.29, 0.717) is 11.7 Å². The molecule has 0 spiro atoms. The van der Waals surface area contributed by atoms with E-state index in [1.165, 1.54) is 37.1 Å². The lowest BCUT2D eigenvalue weighted by molar-refractivity contribution is -0.193. The van der Waals surface area contributed by atoms with Crippen LogP contribution in [0.4, 0.5) is 26.3 Å². The molecule has 4 heterocycles. The van der Waals surface area contributed by atoms with Crippen molar-refractivity contribution < 1.29 is 50.7 Å². The first kappa shape index (κ1) is 32.3. The van der Waals surface area contributed by atoms with E-state index < -0.39 is 24.3 Å². The summed E-state index contributed by atoms with van der Waals surface area (Å²) in [6, 6.07) is 0. The van der Waals surface area contributed by atoms with Crippen LogP contribution in [0.5, 0.6) is 0 Å². The molecule has 1 fully saturated rings. The van der Waals surface area contributed by atoms with Crippen molar-refractivity contribution >= 4 is 23.7 Å². The van der Waals surface area contributed by atoms with E-state index in [4.69, 9.17) is 24.3 Å². The quantitative estimate of drug-likeness (QED) is 0.337. The van der Waals surface area contributed by atoms with Gasteiger partial charge in [-0.3, -0.25) is 4.98 Å². The number of nitrogens with one attached hydrogen (secondary N) is 1. The Bertz CT molecular complexity index is 1080. The van der Waals surface area contributed by atoms with Gasteiger partial charge in [0.1, 0.15) is 0 Å². The summed E-state index contributed by atoms with van der Waals surface area (Å²) in [5.74, 6) is -2.21. The number of aryl methyl sites for hydroxylation is 1. The number of hydrogen-bond donors (Lipinski definition) is 3. The number of aliphatic carboxylic acids is 2. The molecule has 39 heavy (non-hydrogen) atoms. The van der Waals surface area contributed by atoms with Crippen molar-refractivity contribution in [2.45, 2.75) is 50.8 Å². The number of aromatic nitrogens is 3. The standard InChI is InChI=1S/C18H25N5OS.2C2HF3O2/c1-13-17(15-4-5-19-10-14(15)11-20-13)18-21-16(24-22-18)12-25-9-8-23-6-2-3-7-23;2*3-2(4,5)1(6)7/h11,19H,2-10,12H2,1H3;2*(H,6,7). The molecule has 3 N–H and O–H groups in total. The van der Waals surface area contributed by atoms with E-state index in [1.54, 1.807) is 0 Å². The first-order valence-corrected chi connectivity index (χ1v) is 12.8. The van der Waals surface area contributed by atoms with Crippen LogP contribution in [-0.4, -0.2) is 86.5 Å². The number of thioether (sulfide) groups is 1. The average molecular weight is 588 g/mol. The number of nitrogens with zero attached hydrogens (tertiary/aromatic N) is 4. The SMILES string of the molecule is Cc1ncc2c(c1-c1noc(CSCCN3CCCC3)n1)CCNC2.O=C(O)C(F)(F)F.O=C(O)C(F)(F)F. The number of carboxylic acid groups (broad SMARTS) is 2. The number of pyridine rings is 1. The second-order valence-corrected chi connectivity index (χ2v) is 9.47. The molecule has 2 aromatic rings. The summed E-state index contributed by atoms with van der Waals surface area (Å²) in [7, 11) is 0. The highest BCUT2D eigenvalue weighted by molar-refractivity contribution is 7.98. The summed E-state index contributed by atoms with van der Waals surface area (Å²) >= 11 is 1.87. The fourth-order valence-electron chi connectivity index (χ4n) is 3.64. The van der Waals surface area contributed by atoms with Crippen molar-refractivity contribution in [3.05, 3.63) is 28.9 Å². The molecule has 0 radical (unpaired) electrons. The Labute approximate surface area is 223 Å². The minimum atomic E-state index is -5.08. The van der Waals surface area contributed by atoms with Gasteiger partial charge in [-0.15, -0.1) is 0 Å². The van der Waals surface area contributed by atoms with Gasteiger partial charge in [-0.05, 0) is 56.9 Å². The summed E-state index contributed by atoms with van der Waals surface area (Å²) in [4.78, 5) is 29.5. The zero-order valence-corrected chi connectivity index (χ0v) is 21.5. The molecule has 1 saturated heterocycles. The molecule has 0 saturated carbocycles. The minimum absolute atomic E-state index is 0.693. The maximum atomic E-state index is 10.6. The third-order valence-corrected chi connectivity index (χ3v) is 6.41. The molecule has 0 amide bonds. The van der Waals surface area contributed by atoms with Crippen LogP contribution in [0.1, 0.15) is 35.6 Å². The third-order valence-electron chi connectivity index (χ3n) is 5.49. The van der Waals surface area contributed by atoms with Crippen molar-refractivity contribution in [2.75, 3.05) is 31.9 Å². The van der Waals surface area contributed by atoms with Gasteiger partial charge in [-0.2, -0.15) is 43.1 Å². The normalized spacial score (nSPS) is 15.5. The Morgan fingerprint density at radius 1 is 1.10 bits per heavy atom. The van der Waals surface area contributed by atoms with Crippen LogP contribution in [0, 0.1) is 6.92 Å². The fraction of sp³-hybridized carbons (Fsp3) is 0.591. The van der Waals surface area contributed by atoms with E-state index in [0.717, 1.165) is 48.8 Å². The van der Waals surface area contributed by atoms with Gasteiger partial charge in [0.2, 0.25) is 11.7 Å². The Kier molecular flexibility index (Phi) is 12.0. The first-order valence-electron chi connectivity index (χ1n) is 11.6. The van der Waals surface area contributed by atoms with Crippen LogP contribution in [0.25, 0.3) is 11.4 Å². The van der Waals surface area contributed by atoms with Gasteiger partial charge >= 0.3 is 24.3 Å². The van der Waals surface area contributed by atoms with Gasteiger partial charge in [-0.25, -0.2) is 9.59 Å². The van der Waals surface area contributed by atoms with Gasteiger partial charge in [-0.1, -0.05) is 5.16 Å². The molecule has 0 unspecified atom stereocenters. The number of halogens is 6. The van der Waals surface area contributed by atoms with Crippen molar-refractivity contribution in [2.24, 2.45) is 0 Å². The van der Waals surface area contributed by atoms with Gasteiger partial charge in [0.05, 0.1) is 5.75 Å². The van der Waals surface area contributed by atoms with Crippen molar-refractivity contribution in [1.29, 1.82) is 0 Å². The molecule has 0 atom stereocenters. The zero-order valence-electron chi connectivity index (χ0n) is 20.7. The summed E-state index contributed by atoms with van der Waals surface area (Å²) in [6.07, 6.45) is -4.51. The highest BCUT2D eigenvalue weighted by Gasteiger charge is 2.38. The largest absolute Gasteiger partial charge is 0.490 e. The van der Waals surface area contributed by atoms with Gasteiger partial charge in [0, 0.05) is 36.3 Å². The Morgan fingerprint density at radius 2 is 1.69 bits per heavy atom. The number of carbonyl (C=O) groups is 2.